The average Bonchev–Trinajstić information content (AvgIpc) is 2.73. The summed E-state index contributed by atoms with van der Waals surface area (Å²) in [5.74, 6) is -0.541. The Morgan fingerprint density at radius 3 is 2.75 bits per heavy atom. The molecule has 0 aromatic carbocycles. The molecule has 0 atom stereocenters. The van der Waals surface area contributed by atoms with Crippen LogP contribution in [-0.4, -0.2) is 23.5 Å². The minimum absolute atomic E-state index is 0.0463. The predicted molar refractivity (Wildman–Crippen MR) is 79.7 cm³/mol. The molecule has 110 valence electrons. The van der Waals surface area contributed by atoms with Crippen LogP contribution in [0.15, 0.2) is 17.5 Å². The Hall–Kier alpha value is -1.69. The number of nitrogens with one attached hydrogen (secondary N) is 1. The lowest BCUT2D eigenvalue weighted by atomic mass is 9.96. The molecule has 0 aliphatic rings. The maximum atomic E-state index is 11.7. The van der Waals surface area contributed by atoms with Gasteiger partial charge in [-0.15, -0.1) is 11.3 Å². The number of amides is 1. The van der Waals surface area contributed by atoms with Crippen molar-refractivity contribution in [2.75, 3.05) is 11.9 Å². The summed E-state index contributed by atoms with van der Waals surface area (Å²) < 4.78 is 4.84. The molecule has 0 unspecified atom stereocenters. The molecule has 0 aliphatic carbocycles. The Bertz CT molecular complexity index is 501. The molecule has 0 radical (unpaired) electrons. The third kappa shape index (κ3) is 6.47. The number of thiazole rings is 1. The average molecular weight is 296 g/mol. The highest BCUT2D eigenvalue weighted by Crippen LogP contribution is 2.17. The Kier molecular flexibility index (Phi) is 5.88. The highest BCUT2D eigenvalue weighted by Gasteiger charge is 2.10. The molecular weight excluding hydrogens is 276 g/mol. The molecule has 1 aromatic heterocycles. The lowest BCUT2D eigenvalue weighted by Crippen LogP contribution is -2.10. The van der Waals surface area contributed by atoms with Gasteiger partial charge in [0.25, 0.3) is 0 Å². The Labute approximate surface area is 123 Å². The first-order valence-electron chi connectivity index (χ1n) is 6.40. The monoisotopic (exact) mass is 296 g/mol. The number of rotatable bonds is 5. The largest absolute Gasteiger partial charge is 0.466 e. The lowest BCUT2D eigenvalue weighted by molar-refractivity contribution is -0.142. The van der Waals surface area contributed by atoms with Crippen molar-refractivity contribution in [3.63, 3.8) is 0 Å². The summed E-state index contributed by atoms with van der Waals surface area (Å²) >= 11 is 1.29. The van der Waals surface area contributed by atoms with Gasteiger partial charge < -0.3 is 4.74 Å². The fourth-order valence-corrected chi connectivity index (χ4v) is 1.99. The third-order valence-electron chi connectivity index (χ3n) is 2.15. The quantitative estimate of drug-likeness (QED) is 0.670. The van der Waals surface area contributed by atoms with Crippen LogP contribution in [-0.2, 0) is 20.7 Å². The number of nitrogens with zero attached hydrogens (tertiary/aromatic N) is 1. The fraction of sp³-hybridized carbons (Fsp3) is 0.500. The maximum Gasteiger partial charge on any atom is 0.311 e. The minimum atomic E-state index is -0.316. The molecule has 0 aliphatic heterocycles. The summed E-state index contributed by atoms with van der Waals surface area (Å²) in [6, 6.07) is 0. The number of carbonyl (C=O) groups excluding carboxylic acids is 2. The number of ether oxygens (including phenoxy) is 1. The summed E-state index contributed by atoms with van der Waals surface area (Å²) in [6.07, 6.45) is 3.44. The second-order valence-electron chi connectivity index (χ2n) is 5.31. The Balaban J connectivity index is 2.54. The first-order valence-corrected chi connectivity index (χ1v) is 7.28. The molecule has 5 nitrogen and oxygen atoms in total. The zero-order valence-electron chi connectivity index (χ0n) is 12.2. The van der Waals surface area contributed by atoms with E-state index < -0.39 is 0 Å². The topological polar surface area (TPSA) is 68.3 Å². The van der Waals surface area contributed by atoms with E-state index in [0.29, 0.717) is 17.4 Å². The van der Waals surface area contributed by atoms with Gasteiger partial charge in [0.1, 0.15) is 0 Å². The molecule has 1 heterocycles. The van der Waals surface area contributed by atoms with E-state index in [4.69, 9.17) is 4.74 Å². The van der Waals surface area contributed by atoms with Crippen LogP contribution in [0.4, 0.5) is 5.13 Å². The van der Waals surface area contributed by atoms with Gasteiger partial charge in [0.05, 0.1) is 18.7 Å². The molecule has 0 saturated carbocycles. The smallest absolute Gasteiger partial charge is 0.311 e. The van der Waals surface area contributed by atoms with Crippen molar-refractivity contribution in [2.24, 2.45) is 5.41 Å². The summed E-state index contributed by atoms with van der Waals surface area (Å²) in [6.45, 7) is 8.14. The van der Waals surface area contributed by atoms with Crippen molar-refractivity contribution in [1.29, 1.82) is 0 Å². The number of hydrogen-bond donors (Lipinski definition) is 1. The zero-order valence-corrected chi connectivity index (χ0v) is 13.0. The van der Waals surface area contributed by atoms with E-state index in [2.05, 4.69) is 10.3 Å². The van der Waals surface area contributed by atoms with Crippen LogP contribution >= 0.6 is 11.3 Å². The molecule has 20 heavy (non-hydrogen) atoms. The molecule has 1 aromatic rings. The molecule has 0 spiro atoms. The molecule has 1 N–H and O–H groups in total. The van der Waals surface area contributed by atoms with Gasteiger partial charge in [-0.05, 0) is 18.4 Å². The van der Waals surface area contributed by atoms with E-state index in [0.717, 1.165) is 0 Å². The molecule has 1 amide bonds. The molecule has 0 saturated heterocycles. The highest BCUT2D eigenvalue weighted by atomic mass is 32.1. The van der Waals surface area contributed by atoms with Gasteiger partial charge in [0.2, 0.25) is 5.91 Å². The molecule has 0 bridgehead atoms. The van der Waals surface area contributed by atoms with E-state index in [1.165, 1.54) is 17.4 Å². The summed E-state index contributed by atoms with van der Waals surface area (Å²) in [5.41, 5.74) is 0.554. The normalized spacial score (nSPS) is 11.6. The van der Waals surface area contributed by atoms with E-state index in [9.17, 15) is 9.59 Å². The van der Waals surface area contributed by atoms with Crippen LogP contribution in [0.25, 0.3) is 0 Å². The van der Waals surface area contributed by atoms with Gasteiger partial charge in [-0.1, -0.05) is 26.8 Å². The van der Waals surface area contributed by atoms with Crippen molar-refractivity contribution in [1.82, 2.24) is 4.98 Å². The summed E-state index contributed by atoms with van der Waals surface area (Å²) in [4.78, 5) is 27.1. The second kappa shape index (κ2) is 7.19. The highest BCUT2D eigenvalue weighted by molar-refractivity contribution is 7.14. The van der Waals surface area contributed by atoms with Crippen molar-refractivity contribution in [3.05, 3.63) is 23.2 Å². The van der Waals surface area contributed by atoms with Crippen molar-refractivity contribution < 1.29 is 14.3 Å². The van der Waals surface area contributed by atoms with Gasteiger partial charge in [-0.2, -0.15) is 0 Å². The van der Waals surface area contributed by atoms with Crippen LogP contribution in [0.5, 0.6) is 0 Å². The first-order chi connectivity index (χ1) is 9.30. The number of hydrogen-bond acceptors (Lipinski definition) is 5. The Morgan fingerprint density at radius 1 is 1.45 bits per heavy atom. The standard InChI is InChI=1S/C14H20N2O3S/c1-5-19-12(18)8-10-9-20-13(15-10)16-11(17)6-7-14(2,3)4/h6-7,9H,5,8H2,1-4H3,(H,15,16,17)/b7-6+. The number of anilines is 1. The molecule has 0 fully saturated rings. The lowest BCUT2D eigenvalue weighted by Gasteiger charge is -2.10. The maximum absolute atomic E-state index is 11.7. The van der Waals surface area contributed by atoms with Gasteiger partial charge in [0, 0.05) is 5.38 Å². The van der Waals surface area contributed by atoms with E-state index in [1.807, 2.05) is 26.8 Å². The van der Waals surface area contributed by atoms with Gasteiger partial charge in [-0.25, -0.2) is 4.98 Å². The van der Waals surface area contributed by atoms with E-state index in [1.54, 1.807) is 12.3 Å². The van der Waals surface area contributed by atoms with Crippen molar-refractivity contribution in [3.8, 4) is 0 Å². The van der Waals surface area contributed by atoms with Crippen molar-refractivity contribution >= 4 is 28.3 Å². The van der Waals surface area contributed by atoms with Gasteiger partial charge in [0.15, 0.2) is 5.13 Å². The van der Waals surface area contributed by atoms with Crippen LogP contribution in [0.3, 0.4) is 0 Å². The van der Waals surface area contributed by atoms with Crippen LogP contribution in [0, 0.1) is 5.41 Å². The van der Waals surface area contributed by atoms with Gasteiger partial charge in [-0.3, -0.25) is 14.9 Å². The van der Waals surface area contributed by atoms with Gasteiger partial charge >= 0.3 is 5.97 Å². The number of allylic oxidation sites excluding steroid dienone is 1. The second-order valence-corrected chi connectivity index (χ2v) is 6.17. The van der Waals surface area contributed by atoms with E-state index in [-0.39, 0.29) is 23.7 Å². The van der Waals surface area contributed by atoms with Crippen LogP contribution < -0.4 is 5.32 Å². The first kappa shape index (κ1) is 16.4. The number of aromatic nitrogens is 1. The van der Waals surface area contributed by atoms with Crippen LogP contribution in [0.1, 0.15) is 33.4 Å². The SMILES string of the molecule is CCOC(=O)Cc1csc(NC(=O)/C=C/C(C)(C)C)n1. The third-order valence-corrected chi connectivity index (χ3v) is 2.95. The molecular formula is C14H20N2O3S. The zero-order chi connectivity index (χ0) is 15.2. The molecule has 1 rings (SSSR count). The number of carbonyl (C=O) groups is 2. The number of esters is 1. The fourth-order valence-electron chi connectivity index (χ4n) is 1.28. The van der Waals surface area contributed by atoms with Crippen LogP contribution in [0.2, 0.25) is 0 Å². The molecule has 6 heteroatoms. The predicted octanol–water partition coefficient (Wildman–Crippen LogP) is 2.79. The van der Waals surface area contributed by atoms with E-state index >= 15 is 0 Å². The summed E-state index contributed by atoms with van der Waals surface area (Å²) in [7, 11) is 0. The minimum Gasteiger partial charge on any atom is -0.466 e. The Morgan fingerprint density at radius 2 is 2.15 bits per heavy atom. The van der Waals surface area contributed by atoms with Crippen molar-refractivity contribution in [2.45, 2.75) is 34.1 Å². The summed E-state index contributed by atoms with van der Waals surface area (Å²) in [5, 5.41) is 4.89.